The van der Waals surface area contributed by atoms with Crippen molar-refractivity contribution in [1.29, 1.82) is 5.26 Å². The van der Waals surface area contributed by atoms with Gasteiger partial charge in [-0.2, -0.15) is 5.26 Å². The Morgan fingerprint density at radius 2 is 2.24 bits per heavy atom. The largest absolute Gasteiger partial charge is 0.495 e. The van der Waals surface area contributed by atoms with E-state index in [-0.39, 0.29) is 22.2 Å². The van der Waals surface area contributed by atoms with Gasteiger partial charge in [-0.1, -0.05) is 11.6 Å². The molecule has 0 aliphatic carbocycles. The lowest BCUT2D eigenvalue weighted by Crippen LogP contribution is -2.23. The van der Waals surface area contributed by atoms with Crippen LogP contribution >= 0.6 is 11.6 Å². The Balaban J connectivity index is 2.33. The van der Waals surface area contributed by atoms with E-state index in [2.05, 4.69) is 0 Å². The van der Waals surface area contributed by atoms with Gasteiger partial charge < -0.3 is 4.74 Å². The number of ether oxygens (including phenoxy) is 1. The number of methoxy groups -OCH3 is 1. The number of imidazole rings is 1. The van der Waals surface area contributed by atoms with Gasteiger partial charge in [0.2, 0.25) is 0 Å². The van der Waals surface area contributed by atoms with Crippen molar-refractivity contribution in [2.75, 3.05) is 7.11 Å². The number of hydrogen-bond donors (Lipinski definition) is 0. The standard InChI is InChI=1S/C14H11ClFN3O2/c1-21-13-6-11(9(16)5-8(13)15)19-12(7-17)10-3-2-4-18(10)14(19)20/h5-6H,2-4H2,1H3. The fraction of sp³-hybridized carbons (Fsp3) is 0.286. The van der Waals surface area contributed by atoms with Crippen LogP contribution in [0.25, 0.3) is 5.69 Å². The third-order valence-electron chi connectivity index (χ3n) is 3.61. The first-order valence-electron chi connectivity index (χ1n) is 6.36. The minimum atomic E-state index is -0.677. The maximum atomic E-state index is 14.2. The zero-order chi connectivity index (χ0) is 15.1. The summed E-state index contributed by atoms with van der Waals surface area (Å²) in [6, 6.07) is 4.40. The van der Waals surface area contributed by atoms with E-state index in [0.717, 1.165) is 17.1 Å². The highest BCUT2D eigenvalue weighted by Crippen LogP contribution is 2.30. The van der Waals surface area contributed by atoms with Gasteiger partial charge in [0.15, 0.2) is 0 Å². The molecular weight excluding hydrogens is 297 g/mol. The molecule has 5 nitrogen and oxygen atoms in total. The second kappa shape index (κ2) is 4.93. The van der Waals surface area contributed by atoms with Crippen molar-refractivity contribution in [1.82, 2.24) is 9.13 Å². The van der Waals surface area contributed by atoms with Crippen molar-refractivity contribution in [2.45, 2.75) is 19.4 Å². The molecule has 0 unspecified atom stereocenters. The number of aromatic nitrogens is 2. The third kappa shape index (κ3) is 1.93. The molecule has 0 amide bonds. The summed E-state index contributed by atoms with van der Waals surface area (Å²) < 4.78 is 21.8. The highest BCUT2D eigenvalue weighted by Gasteiger charge is 2.26. The van der Waals surface area contributed by atoms with Gasteiger partial charge in [-0.05, 0) is 18.9 Å². The lowest BCUT2D eigenvalue weighted by molar-refractivity contribution is 0.413. The molecule has 0 saturated carbocycles. The van der Waals surface area contributed by atoms with E-state index in [1.54, 1.807) is 0 Å². The molecule has 0 atom stereocenters. The summed E-state index contributed by atoms with van der Waals surface area (Å²) in [4.78, 5) is 12.4. The van der Waals surface area contributed by atoms with E-state index in [1.807, 2.05) is 6.07 Å². The lowest BCUT2D eigenvalue weighted by atomic mass is 10.2. The summed E-state index contributed by atoms with van der Waals surface area (Å²) in [5, 5.41) is 9.43. The molecular formula is C14H11ClFN3O2. The highest BCUT2D eigenvalue weighted by atomic mass is 35.5. The van der Waals surface area contributed by atoms with Gasteiger partial charge in [0, 0.05) is 12.6 Å². The Hall–Kier alpha value is -2.26. The predicted molar refractivity (Wildman–Crippen MR) is 74.6 cm³/mol. The first kappa shape index (κ1) is 13.7. The molecule has 3 rings (SSSR count). The van der Waals surface area contributed by atoms with Crippen LogP contribution in [0.4, 0.5) is 4.39 Å². The van der Waals surface area contributed by atoms with Crippen LogP contribution < -0.4 is 10.4 Å². The van der Waals surface area contributed by atoms with E-state index in [4.69, 9.17) is 16.3 Å². The van der Waals surface area contributed by atoms with Crippen molar-refractivity contribution in [2.24, 2.45) is 0 Å². The molecule has 2 heterocycles. The molecule has 108 valence electrons. The number of halogens is 2. The van der Waals surface area contributed by atoms with E-state index >= 15 is 0 Å². The smallest absolute Gasteiger partial charge is 0.334 e. The van der Waals surface area contributed by atoms with E-state index in [9.17, 15) is 14.4 Å². The van der Waals surface area contributed by atoms with E-state index in [1.165, 1.54) is 17.7 Å². The van der Waals surface area contributed by atoms with Gasteiger partial charge in [-0.3, -0.25) is 4.57 Å². The SMILES string of the molecule is COc1cc(-n2c(C#N)c3n(c2=O)CCC3)c(F)cc1Cl. The first-order chi connectivity index (χ1) is 10.1. The molecule has 7 heteroatoms. The van der Waals surface area contributed by atoms with Crippen LogP contribution in [-0.2, 0) is 13.0 Å². The Labute approximate surface area is 124 Å². The molecule has 1 aromatic carbocycles. The minimum Gasteiger partial charge on any atom is -0.495 e. The van der Waals surface area contributed by atoms with Crippen molar-refractivity contribution >= 4 is 11.6 Å². The number of hydrogen-bond acceptors (Lipinski definition) is 3. The molecule has 1 aliphatic heterocycles. The summed E-state index contributed by atoms with van der Waals surface area (Å²) in [6.07, 6.45) is 1.45. The Morgan fingerprint density at radius 3 is 2.90 bits per heavy atom. The van der Waals surface area contributed by atoms with Crippen LogP contribution in [0.2, 0.25) is 5.02 Å². The van der Waals surface area contributed by atoms with Gasteiger partial charge in [-0.15, -0.1) is 0 Å². The average Bonchev–Trinajstić information content (AvgIpc) is 3.02. The average molecular weight is 308 g/mol. The lowest BCUT2D eigenvalue weighted by Gasteiger charge is -2.09. The van der Waals surface area contributed by atoms with Crippen LogP contribution in [0.3, 0.4) is 0 Å². The number of nitriles is 1. The van der Waals surface area contributed by atoms with E-state index in [0.29, 0.717) is 18.7 Å². The van der Waals surface area contributed by atoms with Gasteiger partial charge in [0.1, 0.15) is 23.3 Å². The Kier molecular flexibility index (Phi) is 3.22. The van der Waals surface area contributed by atoms with Crippen LogP contribution in [0.5, 0.6) is 5.75 Å². The predicted octanol–water partition coefficient (Wildman–Crippen LogP) is 2.26. The fourth-order valence-electron chi connectivity index (χ4n) is 2.66. The molecule has 21 heavy (non-hydrogen) atoms. The summed E-state index contributed by atoms with van der Waals surface area (Å²) in [5.74, 6) is -0.432. The second-order valence-electron chi connectivity index (χ2n) is 4.72. The third-order valence-corrected chi connectivity index (χ3v) is 3.90. The fourth-order valence-corrected chi connectivity index (χ4v) is 2.89. The quantitative estimate of drug-likeness (QED) is 0.855. The summed E-state index contributed by atoms with van der Waals surface area (Å²) >= 11 is 5.85. The summed E-state index contributed by atoms with van der Waals surface area (Å²) in [6.45, 7) is 0.544. The van der Waals surface area contributed by atoms with Crippen LogP contribution in [0.15, 0.2) is 16.9 Å². The number of rotatable bonds is 2. The molecule has 0 bridgehead atoms. The van der Waals surface area contributed by atoms with Crippen molar-refractivity contribution in [3.8, 4) is 17.5 Å². The maximum Gasteiger partial charge on any atom is 0.334 e. The Morgan fingerprint density at radius 1 is 1.48 bits per heavy atom. The highest BCUT2D eigenvalue weighted by molar-refractivity contribution is 6.32. The molecule has 2 aromatic rings. The first-order valence-corrected chi connectivity index (χ1v) is 6.74. The minimum absolute atomic E-state index is 0.0281. The molecule has 0 fully saturated rings. The van der Waals surface area contributed by atoms with Crippen molar-refractivity contribution < 1.29 is 9.13 Å². The molecule has 0 saturated heterocycles. The number of fused-ring (bicyclic) bond motifs is 1. The molecule has 1 aromatic heterocycles. The monoisotopic (exact) mass is 307 g/mol. The Bertz CT molecular complexity index is 832. The topological polar surface area (TPSA) is 60.0 Å². The zero-order valence-corrected chi connectivity index (χ0v) is 11.9. The van der Waals surface area contributed by atoms with Gasteiger partial charge in [0.25, 0.3) is 0 Å². The summed E-state index contributed by atoms with van der Waals surface area (Å²) in [5.41, 5.74) is 0.374. The molecule has 0 N–H and O–H groups in total. The van der Waals surface area contributed by atoms with Crippen molar-refractivity contribution in [3.63, 3.8) is 0 Å². The second-order valence-corrected chi connectivity index (χ2v) is 5.13. The molecule has 0 spiro atoms. The molecule has 0 radical (unpaired) electrons. The van der Waals surface area contributed by atoms with Gasteiger partial charge in [0.05, 0.1) is 23.5 Å². The van der Waals surface area contributed by atoms with Gasteiger partial charge in [-0.25, -0.2) is 13.8 Å². The molecule has 1 aliphatic rings. The van der Waals surface area contributed by atoms with Gasteiger partial charge >= 0.3 is 5.69 Å². The van der Waals surface area contributed by atoms with Crippen LogP contribution in [-0.4, -0.2) is 16.2 Å². The maximum absolute atomic E-state index is 14.2. The normalized spacial score (nSPS) is 13.0. The number of nitrogens with zero attached hydrogens (tertiary/aromatic N) is 3. The van der Waals surface area contributed by atoms with E-state index < -0.39 is 11.5 Å². The zero-order valence-electron chi connectivity index (χ0n) is 11.2. The number of benzene rings is 1. The summed E-state index contributed by atoms with van der Waals surface area (Å²) in [7, 11) is 1.40. The van der Waals surface area contributed by atoms with Crippen LogP contribution in [0, 0.1) is 17.1 Å². The van der Waals surface area contributed by atoms with Crippen LogP contribution in [0.1, 0.15) is 17.8 Å². The van der Waals surface area contributed by atoms with Crippen molar-refractivity contribution in [3.05, 3.63) is 44.8 Å².